The molecule has 1 saturated heterocycles. The van der Waals surface area contributed by atoms with Gasteiger partial charge in [0.1, 0.15) is 5.82 Å². The monoisotopic (exact) mass is 282 g/mol. The topological polar surface area (TPSA) is 55.0 Å². The van der Waals surface area contributed by atoms with Crippen LogP contribution in [0, 0.1) is 13.8 Å². The van der Waals surface area contributed by atoms with E-state index >= 15 is 0 Å². The average Bonchev–Trinajstić information content (AvgIpc) is 2.96. The summed E-state index contributed by atoms with van der Waals surface area (Å²) in [7, 11) is 0. The lowest BCUT2D eigenvalue weighted by atomic mass is 10.0. The maximum atomic E-state index is 5.97. The van der Waals surface area contributed by atoms with E-state index in [2.05, 4.69) is 28.9 Å². The molecule has 0 radical (unpaired) electrons. The number of nitrogens with zero attached hydrogens (tertiary/aromatic N) is 3. The minimum Gasteiger partial charge on any atom is -0.349 e. The van der Waals surface area contributed by atoms with Crippen LogP contribution in [0.25, 0.3) is 0 Å². The number of pyridine rings is 2. The molecule has 1 aliphatic heterocycles. The normalized spacial score (nSPS) is 18.2. The van der Waals surface area contributed by atoms with Crippen LogP contribution in [0.5, 0.6) is 0 Å². The van der Waals surface area contributed by atoms with Crippen LogP contribution >= 0.6 is 0 Å². The van der Waals surface area contributed by atoms with Gasteiger partial charge < -0.3 is 10.6 Å². The highest BCUT2D eigenvalue weighted by Gasteiger charge is 2.29. The summed E-state index contributed by atoms with van der Waals surface area (Å²) in [5.74, 6) is 1.06. The van der Waals surface area contributed by atoms with Gasteiger partial charge in [-0.05, 0) is 49.9 Å². The molecule has 0 bridgehead atoms. The Balaban J connectivity index is 2.03. The summed E-state index contributed by atoms with van der Waals surface area (Å²) >= 11 is 0. The lowest BCUT2D eigenvalue weighted by Crippen LogP contribution is -2.26. The van der Waals surface area contributed by atoms with Crippen LogP contribution in [0.4, 0.5) is 5.82 Å². The van der Waals surface area contributed by atoms with Crippen LogP contribution < -0.4 is 10.6 Å². The maximum absolute atomic E-state index is 5.97. The van der Waals surface area contributed by atoms with Crippen molar-refractivity contribution in [3.8, 4) is 0 Å². The van der Waals surface area contributed by atoms with Crippen LogP contribution in [0.3, 0.4) is 0 Å². The smallest absolute Gasteiger partial charge is 0.134 e. The molecule has 2 aromatic rings. The van der Waals surface area contributed by atoms with E-state index in [1.165, 1.54) is 17.5 Å². The molecule has 0 aliphatic carbocycles. The first kappa shape index (κ1) is 14.0. The molecular formula is C17H22N4. The number of aryl methyl sites for hydroxylation is 2. The van der Waals surface area contributed by atoms with Gasteiger partial charge in [-0.2, -0.15) is 0 Å². The molecule has 3 heterocycles. The minimum atomic E-state index is 0.359. The number of nitrogens with two attached hydrogens (primary N) is 1. The first-order valence-corrected chi connectivity index (χ1v) is 7.54. The fourth-order valence-electron chi connectivity index (χ4n) is 3.27. The standard InChI is InChI=1S/C17H22N4/c1-12-9-13(2)20-17(15(12)10-18)21-8-4-6-16(21)14-5-3-7-19-11-14/h3,5,7,9,11,16H,4,6,8,10,18H2,1-2H3. The molecule has 0 amide bonds. The second-order valence-corrected chi connectivity index (χ2v) is 5.72. The number of hydrogen-bond acceptors (Lipinski definition) is 4. The Morgan fingerprint density at radius 2 is 2.24 bits per heavy atom. The Bertz CT molecular complexity index is 624. The molecule has 4 heteroatoms. The van der Waals surface area contributed by atoms with Crippen molar-refractivity contribution in [3.05, 3.63) is 53.0 Å². The Kier molecular flexibility index (Phi) is 3.88. The van der Waals surface area contributed by atoms with Crippen molar-refractivity contribution >= 4 is 5.82 Å². The molecule has 1 atom stereocenters. The van der Waals surface area contributed by atoms with Gasteiger partial charge in [-0.3, -0.25) is 4.98 Å². The minimum absolute atomic E-state index is 0.359. The summed E-state index contributed by atoms with van der Waals surface area (Å²) in [5.41, 5.74) is 10.7. The van der Waals surface area contributed by atoms with Gasteiger partial charge in [0, 0.05) is 36.7 Å². The third-order valence-corrected chi connectivity index (χ3v) is 4.25. The fourth-order valence-corrected chi connectivity index (χ4v) is 3.27. The highest BCUT2D eigenvalue weighted by atomic mass is 15.2. The van der Waals surface area contributed by atoms with Crippen molar-refractivity contribution < 1.29 is 0 Å². The van der Waals surface area contributed by atoms with Gasteiger partial charge in [0.2, 0.25) is 0 Å². The highest BCUT2D eigenvalue weighted by molar-refractivity contribution is 5.54. The Morgan fingerprint density at radius 3 is 2.95 bits per heavy atom. The maximum Gasteiger partial charge on any atom is 0.134 e. The van der Waals surface area contributed by atoms with E-state index in [-0.39, 0.29) is 0 Å². The second kappa shape index (κ2) is 5.82. The molecular weight excluding hydrogens is 260 g/mol. The Labute approximate surface area is 126 Å². The number of aromatic nitrogens is 2. The molecule has 2 aromatic heterocycles. The highest BCUT2D eigenvalue weighted by Crippen LogP contribution is 2.37. The van der Waals surface area contributed by atoms with Crippen molar-refractivity contribution in [3.63, 3.8) is 0 Å². The summed E-state index contributed by atoms with van der Waals surface area (Å²) in [6, 6.07) is 6.63. The summed E-state index contributed by atoms with van der Waals surface area (Å²) in [4.78, 5) is 11.5. The zero-order chi connectivity index (χ0) is 14.8. The van der Waals surface area contributed by atoms with Gasteiger partial charge in [-0.25, -0.2) is 4.98 Å². The summed E-state index contributed by atoms with van der Waals surface area (Å²) in [6.45, 7) is 5.73. The van der Waals surface area contributed by atoms with Gasteiger partial charge in [0.15, 0.2) is 0 Å². The van der Waals surface area contributed by atoms with Crippen LogP contribution in [-0.4, -0.2) is 16.5 Å². The van der Waals surface area contributed by atoms with E-state index in [0.29, 0.717) is 12.6 Å². The summed E-state index contributed by atoms with van der Waals surface area (Å²) < 4.78 is 0. The lowest BCUT2D eigenvalue weighted by Gasteiger charge is -2.28. The van der Waals surface area contributed by atoms with Crippen molar-refractivity contribution in [2.75, 3.05) is 11.4 Å². The van der Waals surface area contributed by atoms with E-state index in [0.717, 1.165) is 30.0 Å². The van der Waals surface area contributed by atoms with Crippen molar-refractivity contribution in [2.24, 2.45) is 5.73 Å². The molecule has 21 heavy (non-hydrogen) atoms. The fraction of sp³-hybridized carbons (Fsp3) is 0.412. The average molecular weight is 282 g/mol. The third kappa shape index (κ3) is 2.63. The molecule has 1 fully saturated rings. The first-order valence-electron chi connectivity index (χ1n) is 7.54. The second-order valence-electron chi connectivity index (χ2n) is 5.72. The van der Waals surface area contributed by atoms with Crippen molar-refractivity contribution in [1.82, 2.24) is 9.97 Å². The quantitative estimate of drug-likeness (QED) is 0.940. The van der Waals surface area contributed by atoms with Gasteiger partial charge in [0.05, 0.1) is 6.04 Å². The molecule has 0 aromatic carbocycles. The van der Waals surface area contributed by atoms with E-state index in [1.807, 2.05) is 25.4 Å². The molecule has 3 rings (SSSR count). The molecule has 2 N–H and O–H groups in total. The van der Waals surface area contributed by atoms with E-state index < -0.39 is 0 Å². The molecule has 1 unspecified atom stereocenters. The van der Waals surface area contributed by atoms with Gasteiger partial charge >= 0.3 is 0 Å². The Morgan fingerprint density at radius 1 is 1.38 bits per heavy atom. The van der Waals surface area contributed by atoms with Crippen LogP contribution in [0.15, 0.2) is 30.6 Å². The van der Waals surface area contributed by atoms with Gasteiger partial charge in [-0.1, -0.05) is 6.07 Å². The zero-order valence-electron chi connectivity index (χ0n) is 12.7. The lowest BCUT2D eigenvalue weighted by molar-refractivity contribution is 0.702. The van der Waals surface area contributed by atoms with Crippen LogP contribution in [-0.2, 0) is 6.54 Å². The third-order valence-electron chi connectivity index (χ3n) is 4.25. The number of anilines is 1. The van der Waals surface area contributed by atoms with Crippen molar-refractivity contribution in [2.45, 2.75) is 39.3 Å². The van der Waals surface area contributed by atoms with Crippen molar-refractivity contribution in [1.29, 1.82) is 0 Å². The number of hydrogen-bond donors (Lipinski definition) is 1. The summed E-state index contributed by atoms with van der Waals surface area (Å²) in [6.07, 6.45) is 6.11. The van der Waals surface area contributed by atoms with E-state index in [9.17, 15) is 0 Å². The molecule has 1 aliphatic rings. The first-order chi connectivity index (χ1) is 10.2. The van der Waals surface area contributed by atoms with E-state index in [1.54, 1.807) is 0 Å². The Hall–Kier alpha value is -1.94. The number of rotatable bonds is 3. The predicted octanol–water partition coefficient (Wildman–Crippen LogP) is 2.89. The van der Waals surface area contributed by atoms with Crippen LogP contribution in [0.1, 0.15) is 41.3 Å². The zero-order valence-corrected chi connectivity index (χ0v) is 12.7. The largest absolute Gasteiger partial charge is 0.349 e. The SMILES string of the molecule is Cc1cc(C)c(CN)c(N2CCCC2c2cccnc2)n1. The van der Waals surface area contributed by atoms with Gasteiger partial charge in [-0.15, -0.1) is 0 Å². The van der Waals surface area contributed by atoms with Crippen LogP contribution in [0.2, 0.25) is 0 Å². The molecule has 0 saturated carbocycles. The summed E-state index contributed by atoms with van der Waals surface area (Å²) in [5, 5.41) is 0. The molecule has 4 nitrogen and oxygen atoms in total. The molecule has 0 spiro atoms. The predicted molar refractivity (Wildman–Crippen MR) is 85.2 cm³/mol. The van der Waals surface area contributed by atoms with Gasteiger partial charge in [0.25, 0.3) is 0 Å². The van der Waals surface area contributed by atoms with E-state index in [4.69, 9.17) is 10.7 Å². The molecule has 110 valence electrons.